The molecule has 118 valence electrons. The Morgan fingerprint density at radius 1 is 1.29 bits per heavy atom. The molecule has 1 aromatic carbocycles. The summed E-state index contributed by atoms with van der Waals surface area (Å²) < 4.78 is 62.6. The largest absolute Gasteiger partial charge is 0.243 e. The molecule has 1 aliphatic heterocycles. The van der Waals surface area contributed by atoms with Crippen LogP contribution < -0.4 is 0 Å². The number of sulfonamides is 1. The van der Waals surface area contributed by atoms with Gasteiger partial charge in [0.1, 0.15) is 5.82 Å². The maximum atomic E-state index is 13.7. The minimum Gasteiger partial charge on any atom is -0.229 e. The molecule has 1 fully saturated rings. The van der Waals surface area contributed by atoms with E-state index in [-0.39, 0.29) is 46.5 Å². The quantitative estimate of drug-likeness (QED) is 0.766. The molecule has 1 aliphatic rings. The van der Waals surface area contributed by atoms with Crippen molar-refractivity contribution in [3.05, 3.63) is 29.1 Å². The molecule has 21 heavy (non-hydrogen) atoms. The molecule has 0 bridgehead atoms. The Morgan fingerprint density at radius 2 is 1.86 bits per heavy atom. The van der Waals surface area contributed by atoms with E-state index < -0.39 is 25.7 Å². The SMILES string of the molecule is Cc1cc(S(=O)(=O)N2CCS(=O)(=O)CC2)cc(CCl)c1F. The van der Waals surface area contributed by atoms with Gasteiger partial charge in [0, 0.05) is 18.7 Å². The van der Waals surface area contributed by atoms with E-state index in [0.717, 1.165) is 4.31 Å². The van der Waals surface area contributed by atoms with Crippen LogP contribution >= 0.6 is 11.6 Å². The van der Waals surface area contributed by atoms with E-state index in [9.17, 15) is 21.2 Å². The highest BCUT2D eigenvalue weighted by Gasteiger charge is 2.31. The van der Waals surface area contributed by atoms with Crippen LogP contribution in [0.3, 0.4) is 0 Å². The average Bonchev–Trinajstić information content (AvgIpc) is 2.41. The Kier molecular flexibility index (Phi) is 4.63. The van der Waals surface area contributed by atoms with Crippen LogP contribution in [0.5, 0.6) is 0 Å². The number of hydrogen-bond donors (Lipinski definition) is 0. The standard InChI is InChI=1S/C12H15ClFNO4S2/c1-9-6-11(7-10(8-13)12(9)14)21(18,19)15-2-4-20(16,17)5-3-15/h6-7H,2-5,8H2,1H3. The lowest BCUT2D eigenvalue weighted by molar-refractivity contribution is 0.430. The van der Waals surface area contributed by atoms with Crippen LogP contribution in [-0.4, -0.2) is 45.7 Å². The summed E-state index contributed by atoms with van der Waals surface area (Å²) in [5.41, 5.74) is 0.302. The first-order valence-corrected chi connectivity index (χ1v) is 10.0. The highest BCUT2D eigenvalue weighted by Crippen LogP contribution is 2.24. The van der Waals surface area contributed by atoms with Gasteiger partial charge in [-0.1, -0.05) is 0 Å². The number of sulfone groups is 1. The predicted molar refractivity (Wildman–Crippen MR) is 78.1 cm³/mol. The Hall–Kier alpha value is -0.700. The molecule has 9 heteroatoms. The summed E-state index contributed by atoms with van der Waals surface area (Å²) in [6.07, 6.45) is 0. The van der Waals surface area contributed by atoms with E-state index in [1.807, 2.05) is 0 Å². The zero-order chi connectivity index (χ0) is 15.8. The van der Waals surface area contributed by atoms with Crippen molar-refractivity contribution in [2.24, 2.45) is 0 Å². The fourth-order valence-corrected chi connectivity index (χ4v) is 5.34. The van der Waals surface area contributed by atoms with Gasteiger partial charge in [-0.2, -0.15) is 4.31 Å². The van der Waals surface area contributed by atoms with Gasteiger partial charge in [-0.3, -0.25) is 0 Å². The van der Waals surface area contributed by atoms with Crippen molar-refractivity contribution >= 4 is 31.5 Å². The van der Waals surface area contributed by atoms with E-state index in [0.29, 0.717) is 0 Å². The minimum atomic E-state index is -3.84. The second kappa shape index (κ2) is 5.83. The van der Waals surface area contributed by atoms with E-state index in [4.69, 9.17) is 11.6 Å². The van der Waals surface area contributed by atoms with Crippen molar-refractivity contribution in [1.29, 1.82) is 0 Å². The smallest absolute Gasteiger partial charge is 0.229 e. The first-order valence-electron chi connectivity index (χ1n) is 6.23. The Morgan fingerprint density at radius 3 is 2.38 bits per heavy atom. The average molecular weight is 356 g/mol. The summed E-state index contributed by atoms with van der Waals surface area (Å²) in [5, 5.41) is 0. The van der Waals surface area contributed by atoms with Gasteiger partial charge in [-0.05, 0) is 24.6 Å². The number of rotatable bonds is 3. The number of benzene rings is 1. The van der Waals surface area contributed by atoms with Gasteiger partial charge in [0.15, 0.2) is 9.84 Å². The number of halogens is 2. The van der Waals surface area contributed by atoms with Crippen molar-refractivity contribution in [2.45, 2.75) is 17.7 Å². The number of hydrogen-bond acceptors (Lipinski definition) is 4. The summed E-state index contributed by atoms with van der Waals surface area (Å²) in [5.74, 6) is -1.06. The molecule has 1 saturated heterocycles. The van der Waals surface area contributed by atoms with Gasteiger partial charge in [-0.25, -0.2) is 21.2 Å². The highest BCUT2D eigenvalue weighted by atomic mass is 35.5. The third kappa shape index (κ3) is 3.39. The number of nitrogens with zero attached hydrogens (tertiary/aromatic N) is 1. The molecule has 2 rings (SSSR count). The normalized spacial score (nSPS) is 19.6. The van der Waals surface area contributed by atoms with Crippen LogP contribution in [-0.2, 0) is 25.7 Å². The molecule has 0 aromatic heterocycles. The number of aryl methyl sites for hydroxylation is 1. The maximum absolute atomic E-state index is 13.7. The van der Waals surface area contributed by atoms with Crippen LogP contribution in [0, 0.1) is 12.7 Å². The summed E-state index contributed by atoms with van der Waals surface area (Å²) in [4.78, 5) is -0.0589. The molecule has 1 aromatic rings. The molecule has 0 saturated carbocycles. The van der Waals surface area contributed by atoms with Gasteiger partial charge < -0.3 is 0 Å². The second-order valence-corrected chi connectivity index (χ2v) is 9.41. The zero-order valence-corrected chi connectivity index (χ0v) is 13.7. The first-order chi connectivity index (χ1) is 9.67. The fraction of sp³-hybridized carbons (Fsp3) is 0.500. The Bertz CT molecular complexity index is 748. The van der Waals surface area contributed by atoms with Crippen molar-refractivity contribution in [1.82, 2.24) is 4.31 Å². The molecule has 0 amide bonds. The van der Waals surface area contributed by atoms with E-state index in [1.54, 1.807) is 0 Å². The topological polar surface area (TPSA) is 71.5 Å². The monoisotopic (exact) mass is 355 g/mol. The van der Waals surface area contributed by atoms with E-state index >= 15 is 0 Å². The number of alkyl halides is 1. The van der Waals surface area contributed by atoms with Crippen molar-refractivity contribution in [2.75, 3.05) is 24.6 Å². The van der Waals surface area contributed by atoms with Crippen LogP contribution in [0.15, 0.2) is 17.0 Å². The van der Waals surface area contributed by atoms with Crippen molar-refractivity contribution in [3.63, 3.8) is 0 Å². The lowest BCUT2D eigenvalue weighted by Crippen LogP contribution is -2.43. The second-order valence-electron chi connectivity index (χ2n) is 4.90. The predicted octanol–water partition coefficient (Wildman–Crippen LogP) is 1.29. The van der Waals surface area contributed by atoms with Crippen molar-refractivity contribution in [3.8, 4) is 0 Å². The molecule has 0 spiro atoms. The lowest BCUT2D eigenvalue weighted by Gasteiger charge is -2.26. The van der Waals surface area contributed by atoms with Gasteiger partial charge in [-0.15, -0.1) is 11.6 Å². The van der Waals surface area contributed by atoms with Crippen LogP contribution in [0.4, 0.5) is 4.39 Å². The highest BCUT2D eigenvalue weighted by molar-refractivity contribution is 7.92. The zero-order valence-electron chi connectivity index (χ0n) is 11.3. The summed E-state index contributed by atoms with van der Waals surface area (Å²) >= 11 is 5.62. The third-order valence-electron chi connectivity index (χ3n) is 3.39. The van der Waals surface area contributed by atoms with Gasteiger partial charge in [0.05, 0.1) is 22.3 Å². The molecule has 0 unspecified atom stereocenters. The molecule has 0 radical (unpaired) electrons. The maximum Gasteiger partial charge on any atom is 0.243 e. The summed E-state index contributed by atoms with van der Waals surface area (Å²) in [6.45, 7) is 1.29. The molecule has 0 atom stereocenters. The molecule has 0 N–H and O–H groups in total. The minimum absolute atomic E-state index is 0.0589. The van der Waals surface area contributed by atoms with E-state index in [1.165, 1.54) is 19.1 Å². The van der Waals surface area contributed by atoms with Crippen molar-refractivity contribution < 1.29 is 21.2 Å². The first kappa shape index (κ1) is 16.7. The van der Waals surface area contributed by atoms with Gasteiger partial charge in [0.25, 0.3) is 0 Å². The molecular weight excluding hydrogens is 341 g/mol. The molecule has 5 nitrogen and oxygen atoms in total. The van der Waals surface area contributed by atoms with Crippen LogP contribution in [0.1, 0.15) is 11.1 Å². The Labute approximate surface area is 128 Å². The third-order valence-corrected chi connectivity index (χ3v) is 7.16. The summed E-state index contributed by atoms with van der Waals surface area (Å²) in [7, 11) is -7.01. The molecule has 0 aliphatic carbocycles. The van der Waals surface area contributed by atoms with Crippen LogP contribution in [0.25, 0.3) is 0 Å². The van der Waals surface area contributed by atoms with Gasteiger partial charge in [0.2, 0.25) is 10.0 Å². The summed E-state index contributed by atoms with van der Waals surface area (Å²) in [6, 6.07) is 2.44. The van der Waals surface area contributed by atoms with Crippen LogP contribution in [0.2, 0.25) is 0 Å². The Balaban J connectivity index is 2.39. The fourth-order valence-electron chi connectivity index (χ4n) is 2.14. The lowest BCUT2D eigenvalue weighted by atomic mass is 10.1. The molecular formula is C12H15ClFNO4S2. The van der Waals surface area contributed by atoms with Gasteiger partial charge >= 0.3 is 0 Å². The molecule has 1 heterocycles. The van der Waals surface area contributed by atoms with E-state index in [2.05, 4.69) is 0 Å².